The molecule has 162 valence electrons. The molecule has 32 heavy (non-hydrogen) atoms. The number of nitrogens with zero attached hydrogens (tertiary/aromatic N) is 5. The third kappa shape index (κ3) is 3.89. The van der Waals surface area contributed by atoms with Gasteiger partial charge in [0.05, 0.1) is 0 Å². The molecule has 5 rings (SSSR count). The zero-order chi connectivity index (χ0) is 22.1. The van der Waals surface area contributed by atoms with Crippen LogP contribution in [-0.2, 0) is 6.54 Å². The number of amides is 1. The standard InChI is InChI=1S/C22H20N6O4/c1-13(2)20-26-22(32-27-20)15-5-6-23-19(8-15)28-10-16(25-11-28)21(29)24-9-14-3-4-17-18(7-14)31-12-30-17/h3-8,10-11,13H,9,12H2,1-2H3,(H,24,29). The highest BCUT2D eigenvalue weighted by atomic mass is 16.7. The first-order valence-corrected chi connectivity index (χ1v) is 10.1. The number of fused-ring (bicyclic) bond motifs is 1. The van der Waals surface area contributed by atoms with E-state index in [4.69, 9.17) is 14.0 Å². The molecular formula is C22H20N6O4. The number of aromatic nitrogens is 5. The number of rotatable bonds is 6. The molecule has 0 unspecified atom stereocenters. The average Bonchev–Trinajstić information content (AvgIpc) is 3.57. The molecule has 1 aliphatic heterocycles. The Bertz CT molecular complexity index is 1280. The minimum Gasteiger partial charge on any atom is -0.454 e. The van der Waals surface area contributed by atoms with Crippen LogP contribution in [0.2, 0.25) is 0 Å². The summed E-state index contributed by atoms with van der Waals surface area (Å²) < 4.78 is 17.7. The predicted octanol–water partition coefficient (Wildman–Crippen LogP) is 3.10. The summed E-state index contributed by atoms with van der Waals surface area (Å²) in [5, 5.41) is 6.85. The molecule has 10 heteroatoms. The van der Waals surface area contributed by atoms with E-state index < -0.39 is 0 Å². The lowest BCUT2D eigenvalue weighted by molar-refractivity contribution is 0.0946. The van der Waals surface area contributed by atoms with E-state index in [1.807, 2.05) is 32.0 Å². The van der Waals surface area contributed by atoms with E-state index >= 15 is 0 Å². The molecule has 0 spiro atoms. The van der Waals surface area contributed by atoms with Crippen LogP contribution in [-0.4, -0.2) is 37.4 Å². The number of benzene rings is 1. The van der Waals surface area contributed by atoms with Crippen LogP contribution in [0.15, 0.2) is 53.6 Å². The molecule has 4 heterocycles. The van der Waals surface area contributed by atoms with Crippen molar-refractivity contribution in [2.24, 2.45) is 0 Å². The molecule has 0 radical (unpaired) electrons. The second-order valence-corrected chi connectivity index (χ2v) is 7.55. The van der Waals surface area contributed by atoms with Crippen molar-refractivity contribution in [2.45, 2.75) is 26.3 Å². The summed E-state index contributed by atoms with van der Waals surface area (Å²) in [6.45, 7) is 4.54. The molecule has 0 saturated heterocycles. The predicted molar refractivity (Wildman–Crippen MR) is 112 cm³/mol. The van der Waals surface area contributed by atoms with Crippen LogP contribution in [0.5, 0.6) is 11.5 Å². The Morgan fingerprint density at radius 2 is 2.03 bits per heavy atom. The summed E-state index contributed by atoms with van der Waals surface area (Å²) in [7, 11) is 0. The first-order valence-electron chi connectivity index (χ1n) is 10.1. The molecule has 3 aromatic heterocycles. The number of nitrogens with one attached hydrogen (secondary N) is 1. The molecule has 1 aromatic carbocycles. The summed E-state index contributed by atoms with van der Waals surface area (Å²) in [5.41, 5.74) is 1.91. The Morgan fingerprint density at radius 3 is 2.88 bits per heavy atom. The monoisotopic (exact) mass is 432 g/mol. The maximum absolute atomic E-state index is 12.6. The van der Waals surface area contributed by atoms with Gasteiger partial charge in [0, 0.05) is 30.4 Å². The second kappa shape index (κ2) is 8.14. The average molecular weight is 432 g/mol. The van der Waals surface area contributed by atoms with Gasteiger partial charge >= 0.3 is 0 Å². The maximum atomic E-state index is 12.6. The number of carbonyl (C=O) groups excluding carboxylic acids is 1. The van der Waals surface area contributed by atoms with Gasteiger partial charge in [-0.15, -0.1) is 0 Å². The van der Waals surface area contributed by atoms with Crippen LogP contribution in [0.3, 0.4) is 0 Å². The van der Waals surface area contributed by atoms with Crippen molar-refractivity contribution in [3.8, 4) is 28.8 Å². The third-order valence-electron chi connectivity index (χ3n) is 4.92. The molecular weight excluding hydrogens is 412 g/mol. The van der Waals surface area contributed by atoms with Gasteiger partial charge in [-0.1, -0.05) is 25.1 Å². The number of ether oxygens (including phenoxy) is 2. The zero-order valence-corrected chi connectivity index (χ0v) is 17.5. The summed E-state index contributed by atoms with van der Waals surface area (Å²) in [4.78, 5) is 25.5. The van der Waals surface area contributed by atoms with Gasteiger partial charge in [0.1, 0.15) is 17.8 Å². The fourth-order valence-corrected chi connectivity index (χ4v) is 3.17. The van der Waals surface area contributed by atoms with Crippen molar-refractivity contribution < 1.29 is 18.8 Å². The highest BCUT2D eigenvalue weighted by Crippen LogP contribution is 2.32. The molecule has 4 aromatic rings. The molecule has 0 atom stereocenters. The lowest BCUT2D eigenvalue weighted by atomic mass is 10.2. The quantitative estimate of drug-likeness (QED) is 0.494. The van der Waals surface area contributed by atoms with Crippen LogP contribution in [0.25, 0.3) is 17.3 Å². The molecule has 0 saturated carbocycles. The topological polar surface area (TPSA) is 117 Å². The highest BCUT2D eigenvalue weighted by molar-refractivity contribution is 5.92. The van der Waals surface area contributed by atoms with Crippen molar-refractivity contribution in [3.63, 3.8) is 0 Å². The lowest BCUT2D eigenvalue weighted by Gasteiger charge is -2.05. The van der Waals surface area contributed by atoms with Crippen LogP contribution in [0.1, 0.15) is 41.6 Å². The van der Waals surface area contributed by atoms with E-state index in [2.05, 4.69) is 25.4 Å². The van der Waals surface area contributed by atoms with Crippen LogP contribution >= 0.6 is 0 Å². The van der Waals surface area contributed by atoms with Gasteiger partial charge in [0.25, 0.3) is 11.8 Å². The van der Waals surface area contributed by atoms with E-state index in [1.165, 1.54) is 6.33 Å². The first kappa shape index (κ1) is 19.7. The van der Waals surface area contributed by atoms with Gasteiger partial charge in [-0.2, -0.15) is 4.98 Å². The number of carbonyl (C=O) groups is 1. The molecule has 1 aliphatic rings. The molecule has 1 amide bonds. The summed E-state index contributed by atoms with van der Waals surface area (Å²) in [6, 6.07) is 9.14. The first-order chi connectivity index (χ1) is 15.6. The largest absolute Gasteiger partial charge is 0.454 e. The molecule has 0 aliphatic carbocycles. The van der Waals surface area contributed by atoms with Gasteiger partial charge in [0.2, 0.25) is 6.79 Å². The number of imidazole rings is 1. The number of hydrogen-bond acceptors (Lipinski definition) is 8. The fourth-order valence-electron chi connectivity index (χ4n) is 3.17. The minimum absolute atomic E-state index is 0.168. The van der Waals surface area contributed by atoms with Crippen molar-refractivity contribution in [1.82, 2.24) is 30.0 Å². The summed E-state index contributed by atoms with van der Waals surface area (Å²) in [6.07, 6.45) is 4.80. The highest BCUT2D eigenvalue weighted by Gasteiger charge is 2.16. The van der Waals surface area contributed by atoms with E-state index in [-0.39, 0.29) is 24.3 Å². The van der Waals surface area contributed by atoms with Crippen LogP contribution in [0, 0.1) is 0 Å². The van der Waals surface area contributed by atoms with Crippen LogP contribution < -0.4 is 14.8 Å². The summed E-state index contributed by atoms with van der Waals surface area (Å²) in [5.74, 6) is 2.89. The van der Waals surface area contributed by atoms with Gasteiger partial charge < -0.3 is 19.3 Å². The molecule has 1 N–H and O–H groups in total. The molecule has 0 fully saturated rings. The zero-order valence-electron chi connectivity index (χ0n) is 17.5. The Hall–Kier alpha value is -4.21. The summed E-state index contributed by atoms with van der Waals surface area (Å²) >= 11 is 0. The van der Waals surface area contributed by atoms with Gasteiger partial charge in [0.15, 0.2) is 17.3 Å². The lowest BCUT2D eigenvalue weighted by Crippen LogP contribution is -2.23. The molecule has 0 bridgehead atoms. The minimum atomic E-state index is -0.295. The SMILES string of the molecule is CC(C)c1noc(-c2ccnc(-n3cnc(C(=O)NCc4ccc5c(c4)OCO5)c3)c2)n1. The second-order valence-electron chi connectivity index (χ2n) is 7.55. The van der Waals surface area contributed by atoms with E-state index in [0.29, 0.717) is 35.6 Å². The Balaban J connectivity index is 1.28. The van der Waals surface area contributed by atoms with Crippen LogP contribution in [0.4, 0.5) is 0 Å². The normalized spacial score (nSPS) is 12.3. The van der Waals surface area contributed by atoms with Crippen molar-refractivity contribution in [2.75, 3.05) is 6.79 Å². The molecule has 10 nitrogen and oxygen atoms in total. The van der Waals surface area contributed by atoms with Crippen molar-refractivity contribution in [3.05, 3.63) is 66.1 Å². The number of hydrogen-bond donors (Lipinski definition) is 1. The maximum Gasteiger partial charge on any atom is 0.271 e. The van der Waals surface area contributed by atoms with Crippen molar-refractivity contribution in [1.29, 1.82) is 0 Å². The Kier molecular flexibility index (Phi) is 5.02. The van der Waals surface area contributed by atoms with Crippen molar-refractivity contribution >= 4 is 5.91 Å². The Labute approximate surface area is 183 Å². The smallest absolute Gasteiger partial charge is 0.271 e. The van der Waals surface area contributed by atoms with E-state index in [9.17, 15) is 4.79 Å². The van der Waals surface area contributed by atoms with Gasteiger partial charge in [-0.3, -0.25) is 9.36 Å². The number of pyridine rings is 1. The van der Waals surface area contributed by atoms with Gasteiger partial charge in [-0.05, 0) is 29.8 Å². The van der Waals surface area contributed by atoms with E-state index in [0.717, 1.165) is 11.1 Å². The fraction of sp³-hybridized carbons (Fsp3) is 0.227. The van der Waals surface area contributed by atoms with Gasteiger partial charge in [-0.25, -0.2) is 9.97 Å². The third-order valence-corrected chi connectivity index (χ3v) is 4.92. The van der Waals surface area contributed by atoms with E-state index in [1.54, 1.807) is 29.1 Å². The Morgan fingerprint density at radius 1 is 1.16 bits per heavy atom.